The number of rotatable bonds is 3. The summed E-state index contributed by atoms with van der Waals surface area (Å²) in [7, 11) is 0. The van der Waals surface area contributed by atoms with Gasteiger partial charge in [0.05, 0.1) is 11.8 Å². The van der Waals surface area contributed by atoms with Crippen molar-refractivity contribution in [2.45, 2.75) is 26.9 Å². The van der Waals surface area contributed by atoms with Gasteiger partial charge in [-0.05, 0) is 39.0 Å². The Kier molecular flexibility index (Phi) is 3.33. The Morgan fingerprint density at radius 3 is 2.65 bits per heavy atom. The molecule has 1 aromatic heterocycles. The Balaban J connectivity index is 2.30. The predicted molar refractivity (Wildman–Crippen MR) is 72.5 cm³/mol. The van der Waals surface area contributed by atoms with E-state index in [9.17, 15) is 0 Å². The summed E-state index contributed by atoms with van der Waals surface area (Å²) in [4.78, 5) is 5.54. The second-order valence-electron chi connectivity index (χ2n) is 4.20. The third-order valence-corrected chi connectivity index (χ3v) is 3.20. The second kappa shape index (κ2) is 4.75. The van der Waals surface area contributed by atoms with Gasteiger partial charge in [0.1, 0.15) is 10.8 Å². The molecule has 3 nitrogen and oxygen atoms in total. The topological polar surface area (TPSA) is 48.1 Å². The molecule has 90 valence electrons. The van der Waals surface area contributed by atoms with Crippen LogP contribution in [-0.2, 0) is 0 Å². The number of aryl methyl sites for hydroxylation is 1. The first kappa shape index (κ1) is 11.9. The van der Waals surface area contributed by atoms with E-state index in [2.05, 4.69) is 4.98 Å². The maximum atomic E-state index is 5.97. The lowest BCUT2D eigenvalue weighted by atomic mass is 10.2. The van der Waals surface area contributed by atoms with Gasteiger partial charge in [0.25, 0.3) is 0 Å². The Hall–Kier alpha value is -1.55. The molecule has 0 unspecified atom stereocenters. The second-order valence-corrected chi connectivity index (χ2v) is 5.43. The summed E-state index contributed by atoms with van der Waals surface area (Å²) in [5.74, 6) is 0.733. The largest absolute Gasteiger partial charge is 0.489 e. The van der Waals surface area contributed by atoms with Crippen molar-refractivity contribution in [2.75, 3.05) is 5.73 Å². The third-order valence-electron chi connectivity index (χ3n) is 2.24. The first-order valence-corrected chi connectivity index (χ1v) is 6.37. The van der Waals surface area contributed by atoms with E-state index in [4.69, 9.17) is 10.5 Å². The summed E-state index contributed by atoms with van der Waals surface area (Å²) in [6.07, 6.45) is 2.00. The number of benzene rings is 1. The maximum Gasteiger partial charge on any atom is 0.142 e. The molecule has 4 heteroatoms. The molecule has 0 bridgehead atoms. The van der Waals surface area contributed by atoms with Gasteiger partial charge in [-0.3, -0.25) is 0 Å². The van der Waals surface area contributed by atoms with E-state index in [1.165, 1.54) is 4.88 Å². The molecule has 2 N–H and O–H groups in total. The zero-order valence-corrected chi connectivity index (χ0v) is 11.0. The number of aromatic nitrogens is 1. The molecule has 0 aliphatic heterocycles. The molecular weight excluding hydrogens is 232 g/mol. The van der Waals surface area contributed by atoms with Crippen molar-refractivity contribution in [2.24, 2.45) is 0 Å². The maximum absolute atomic E-state index is 5.97. The standard InChI is InChI=1S/C13H16N2OS/c1-8(2)16-12-5-4-10(6-11(12)14)13-15-7-9(3)17-13/h4-8H,14H2,1-3H3. The molecule has 17 heavy (non-hydrogen) atoms. The lowest BCUT2D eigenvalue weighted by Gasteiger charge is -2.12. The molecule has 0 saturated heterocycles. The molecule has 0 aliphatic carbocycles. The molecule has 0 saturated carbocycles. The zero-order valence-electron chi connectivity index (χ0n) is 10.2. The SMILES string of the molecule is Cc1cnc(-c2ccc(OC(C)C)c(N)c2)s1. The van der Waals surface area contributed by atoms with Crippen LogP contribution in [0.3, 0.4) is 0 Å². The third kappa shape index (κ3) is 2.77. The zero-order chi connectivity index (χ0) is 12.4. The normalized spacial score (nSPS) is 10.8. The predicted octanol–water partition coefficient (Wildman–Crippen LogP) is 3.49. The lowest BCUT2D eigenvalue weighted by Crippen LogP contribution is -2.07. The van der Waals surface area contributed by atoms with Crippen LogP contribution in [0.4, 0.5) is 5.69 Å². The Morgan fingerprint density at radius 2 is 2.12 bits per heavy atom. The van der Waals surface area contributed by atoms with Crippen molar-refractivity contribution in [1.29, 1.82) is 0 Å². The van der Waals surface area contributed by atoms with Crippen LogP contribution >= 0.6 is 11.3 Å². The van der Waals surface area contributed by atoms with E-state index in [-0.39, 0.29) is 6.10 Å². The number of nitrogen functional groups attached to an aromatic ring is 1. The van der Waals surface area contributed by atoms with Crippen molar-refractivity contribution >= 4 is 17.0 Å². The Labute approximate surface area is 105 Å². The average molecular weight is 248 g/mol. The first-order valence-electron chi connectivity index (χ1n) is 5.55. The van der Waals surface area contributed by atoms with Gasteiger partial charge < -0.3 is 10.5 Å². The van der Waals surface area contributed by atoms with Crippen LogP contribution in [0.5, 0.6) is 5.75 Å². The average Bonchev–Trinajstić information content (AvgIpc) is 2.67. The highest BCUT2D eigenvalue weighted by molar-refractivity contribution is 7.14. The minimum Gasteiger partial charge on any atom is -0.489 e. The van der Waals surface area contributed by atoms with Crippen molar-refractivity contribution in [3.63, 3.8) is 0 Å². The van der Waals surface area contributed by atoms with Crippen LogP contribution in [0.15, 0.2) is 24.4 Å². The summed E-state index contributed by atoms with van der Waals surface area (Å²) in [6.45, 7) is 6.01. The van der Waals surface area contributed by atoms with Gasteiger partial charge in [0, 0.05) is 16.6 Å². The highest BCUT2D eigenvalue weighted by atomic mass is 32.1. The van der Waals surface area contributed by atoms with Crippen LogP contribution in [-0.4, -0.2) is 11.1 Å². The number of hydrogen-bond donors (Lipinski definition) is 1. The summed E-state index contributed by atoms with van der Waals surface area (Å²) >= 11 is 1.66. The molecule has 0 atom stereocenters. The van der Waals surface area contributed by atoms with Gasteiger partial charge in [-0.2, -0.15) is 0 Å². The number of thiazole rings is 1. The molecule has 0 radical (unpaired) electrons. The molecule has 0 spiro atoms. The minimum absolute atomic E-state index is 0.130. The monoisotopic (exact) mass is 248 g/mol. The minimum atomic E-state index is 0.130. The number of nitrogens with two attached hydrogens (primary N) is 1. The van der Waals surface area contributed by atoms with E-state index in [0.717, 1.165) is 16.3 Å². The van der Waals surface area contributed by atoms with E-state index in [0.29, 0.717) is 5.69 Å². The Bertz CT molecular complexity index is 520. The fourth-order valence-corrected chi connectivity index (χ4v) is 2.29. The molecule has 0 aliphatic rings. The van der Waals surface area contributed by atoms with Crippen LogP contribution in [0.2, 0.25) is 0 Å². The number of hydrogen-bond acceptors (Lipinski definition) is 4. The number of nitrogens with zero attached hydrogens (tertiary/aromatic N) is 1. The fourth-order valence-electron chi connectivity index (χ4n) is 1.53. The quantitative estimate of drug-likeness (QED) is 0.846. The highest BCUT2D eigenvalue weighted by Crippen LogP contribution is 2.31. The van der Waals surface area contributed by atoms with Crippen molar-refractivity contribution in [3.05, 3.63) is 29.3 Å². The molecule has 1 heterocycles. The van der Waals surface area contributed by atoms with Gasteiger partial charge in [-0.25, -0.2) is 4.98 Å². The van der Waals surface area contributed by atoms with Gasteiger partial charge in [-0.15, -0.1) is 11.3 Å². The molecular formula is C13H16N2OS. The van der Waals surface area contributed by atoms with Crippen LogP contribution in [0.25, 0.3) is 10.6 Å². The van der Waals surface area contributed by atoms with E-state index in [1.54, 1.807) is 11.3 Å². The van der Waals surface area contributed by atoms with Crippen LogP contribution in [0.1, 0.15) is 18.7 Å². The first-order chi connectivity index (χ1) is 8.06. The summed E-state index contributed by atoms with van der Waals surface area (Å²) in [6, 6.07) is 5.81. The van der Waals surface area contributed by atoms with Gasteiger partial charge in [0.15, 0.2) is 0 Å². The molecule has 2 rings (SSSR count). The van der Waals surface area contributed by atoms with E-state index in [1.807, 2.05) is 45.2 Å². The van der Waals surface area contributed by atoms with Crippen molar-refractivity contribution in [3.8, 4) is 16.3 Å². The van der Waals surface area contributed by atoms with Crippen LogP contribution in [0, 0.1) is 6.92 Å². The van der Waals surface area contributed by atoms with Gasteiger partial charge in [-0.1, -0.05) is 0 Å². The smallest absolute Gasteiger partial charge is 0.142 e. The molecule has 2 aromatic rings. The molecule has 0 fully saturated rings. The van der Waals surface area contributed by atoms with Gasteiger partial charge >= 0.3 is 0 Å². The summed E-state index contributed by atoms with van der Waals surface area (Å²) in [5, 5.41) is 0.991. The van der Waals surface area contributed by atoms with E-state index >= 15 is 0 Å². The highest BCUT2D eigenvalue weighted by Gasteiger charge is 2.07. The lowest BCUT2D eigenvalue weighted by molar-refractivity contribution is 0.244. The summed E-state index contributed by atoms with van der Waals surface area (Å²) in [5.41, 5.74) is 7.66. The number of anilines is 1. The summed E-state index contributed by atoms with van der Waals surface area (Å²) < 4.78 is 5.60. The van der Waals surface area contributed by atoms with Crippen molar-refractivity contribution in [1.82, 2.24) is 4.98 Å². The Morgan fingerprint density at radius 1 is 1.35 bits per heavy atom. The number of ether oxygens (including phenoxy) is 1. The van der Waals surface area contributed by atoms with Crippen LogP contribution < -0.4 is 10.5 Å². The van der Waals surface area contributed by atoms with E-state index < -0.39 is 0 Å². The molecule has 0 amide bonds. The van der Waals surface area contributed by atoms with Gasteiger partial charge in [0.2, 0.25) is 0 Å². The molecule has 1 aromatic carbocycles. The fraction of sp³-hybridized carbons (Fsp3) is 0.308. The van der Waals surface area contributed by atoms with Crippen molar-refractivity contribution < 1.29 is 4.74 Å².